The molecule has 0 aliphatic carbocycles. The first kappa shape index (κ1) is 17.5. The molecule has 1 aromatic carbocycles. The van der Waals surface area contributed by atoms with Crippen LogP contribution in [-0.4, -0.2) is 37.5 Å². The third kappa shape index (κ3) is 6.59. The lowest BCUT2D eigenvalue weighted by atomic mass is 10.1. The number of amidine groups is 1. The van der Waals surface area contributed by atoms with Gasteiger partial charge in [-0.3, -0.25) is 10.3 Å². The van der Waals surface area contributed by atoms with Crippen LogP contribution in [0.4, 0.5) is 13.2 Å². The molecule has 4 nitrogen and oxygen atoms in total. The first-order valence-corrected chi connectivity index (χ1v) is 6.53. The van der Waals surface area contributed by atoms with E-state index in [1.807, 2.05) is 4.90 Å². The lowest BCUT2D eigenvalue weighted by molar-refractivity contribution is -0.137. The van der Waals surface area contributed by atoms with Gasteiger partial charge in [-0.15, -0.1) is 0 Å². The fourth-order valence-corrected chi connectivity index (χ4v) is 1.83. The highest BCUT2D eigenvalue weighted by atomic mass is 19.4. The lowest BCUT2D eigenvalue weighted by Gasteiger charge is -2.22. The van der Waals surface area contributed by atoms with Crippen LogP contribution in [0, 0.1) is 5.41 Å². The maximum absolute atomic E-state index is 12.5. The number of alkyl halides is 3. The van der Waals surface area contributed by atoms with Crippen molar-refractivity contribution in [3.8, 4) is 0 Å². The Bertz CT molecular complexity index is 446. The second kappa shape index (κ2) is 7.99. The number of rotatable bonds is 8. The number of ether oxygens (including phenoxy) is 1. The lowest BCUT2D eigenvalue weighted by Crippen LogP contribution is -2.30. The normalized spacial score (nSPS) is 11.9. The molecule has 0 heterocycles. The summed E-state index contributed by atoms with van der Waals surface area (Å²) in [5.41, 5.74) is 5.46. The molecule has 0 saturated heterocycles. The third-order valence-electron chi connectivity index (χ3n) is 3.00. The van der Waals surface area contributed by atoms with Crippen LogP contribution in [0.1, 0.15) is 17.5 Å². The quantitative estimate of drug-likeness (QED) is 0.573. The molecule has 0 atom stereocenters. The summed E-state index contributed by atoms with van der Waals surface area (Å²) in [6, 6.07) is 5.09. The largest absolute Gasteiger partial charge is 0.416 e. The Balaban J connectivity index is 2.66. The molecular weight excluding hydrogens is 283 g/mol. The Hall–Kier alpha value is -1.60. The first-order chi connectivity index (χ1) is 9.82. The van der Waals surface area contributed by atoms with Crippen LogP contribution in [0.15, 0.2) is 24.3 Å². The van der Waals surface area contributed by atoms with Gasteiger partial charge in [0, 0.05) is 33.2 Å². The number of nitrogens with zero attached hydrogens (tertiary/aromatic N) is 1. The smallest absolute Gasteiger partial charge is 0.388 e. The van der Waals surface area contributed by atoms with E-state index in [0.717, 1.165) is 17.7 Å². The van der Waals surface area contributed by atoms with Crippen molar-refractivity contribution in [3.05, 3.63) is 35.4 Å². The van der Waals surface area contributed by atoms with E-state index in [1.165, 1.54) is 12.1 Å². The number of hydrogen-bond acceptors (Lipinski definition) is 3. The average molecular weight is 303 g/mol. The molecule has 0 radical (unpaired) electrons. The van der Waals surface area contributed by atoms with E-state index in [2.05, 4.69) is 0 Å². The molecule has 7 heteroatoms. The van der Waals surface area contributed by atoms with Gasteiger partial charge in [0.1, 0.15) is 0 Å². The molecule has 0 fully saturated rings. The Morgan fingerprint density at radius 2 is 1.86 bits per heavy atom. The maximum atomic E-state index is 12.5. The van der Waals surface area contributed by atoms with Gasteiger partial charge in [0.2, 0.25) is 0 Å². The summed E-state index contributed by atoms with van der Waals surface area (Å²) in [5, 5.41) is 7.24. The second-order valence-electron chi connectivity index (χ2n) is 4.74. The number of methoxy groups -OCH3 is 1. The highest BCUT2D eigenvalue weighted by Crippen LogP contribution is 2.29. The monoisotopic (exact) mass is 303 g/mol. The van der Waals surface area contributed by atoms with Gasteiger partial charge in [-0.05, 0) is 17.7 Å². The average Bonchev–Trinajstić information content (AvgIpc) is 2.41. The summed E-state index contributed by atoms with van der Waals surface area (Å²) in [6.45, 7) is 2.21. The molecule has 0 aromatic heterocycles. The van der Waals surface area contributed by atoms with Gasteiger partial charge >= 0.3 is 6.18 Å². The van der Waals surface area contributed by atoms with E-state index in [-0.39, 0.29) is 5.84 Å². The number of benzene rings is 1. The van der Waals surface area contributed by atoms with Crippen molar-refractivity contribution in [2.75, 3.05) is 26.8 Å². The highest BCUT2D eigenvalue weighted by Gasteiger charge is 2.29. The van der Waals surface area contributed by atoms with Gasteiger partial charge in [-0.2, -0.15) is 13.2 Å². The number of hydrogen-bond donors (Lipinski definition) is 2. The number of nitrogens with one attached hydrogen (secondary N) is 1. The van der Waals surface area contributed by atoms with Gasteiger partial charge < -0.3 is 10.5 Å². The summed E-state index contributed by atoms with van der Waals surface area (Å²) in [6.07, 6.45) is -3.90. The van der Waals surface area contributed by atoms with E-state index in [0.29, 0.717) is 32.7 Å². The van der Waals surface area contributed by atoms with Gasteiger partial charge in [0.25, 0.3) is 0 Å². The van der Waals surface area contributed by atoms with E-state index in [9.17, 15) is 13.2 Å². The maximum Gasteiger partial charge on any atom is 0.416 e. The summed E-state index contributed by atoms with van der Waals surface area (Å²) in [7, 11) is 1.58. The Morgan fingerprint density at radius 1 is 1.24 bits per heavy atom. The number of nitrogens with two attached hydrogens (primary N) is 1. The van der Waals surface area contributed by atoms with Crippen molar-refractivity contribution in [3.63, 3.8) is 0 Å². The third-order valence-corrected chi connectivity index (χ3v) is 3.00. The van der Waals surface area contributed by atoms with Crippen LogP contribution < -0.4 is 5.73 Å². The van der Waals surface area contributed by atoms with Crippen LogP contribution >= 0.6 is 0 Å². The minimum Gasteiger partial charge on any atom is -0.388 e. The standard InChI is InChI=1S/C14H20F3N3O/c1-21-9-8-20(7-6-13(18)19)10-11-2-4-12(5-3-11)14(15,16)17/h2-5H,6-10H2,1H3,(H3,18,19). The van der Waals surface area contributed by atoms with Crippen LogP contribution in [0.25, 0.3) is 0 Å². The van der Waals surface area contributed by atoms with Crippen LogP contribution in [0.3, 0.4) is 0 Å². The van der Waals surface area contributed by atoms with Crippen LogP contribution in [0.5, 0.6) is 0 Å². The minimum atomic E-state index is -4.32. The van der Waals surface area contributed by atoms with Crippen molar-refractivity contribution in [2.45, 2.75) is 19.1 Å². The zero-order valence-electron chi connectivity index (χ0n) is 11.9. The Morgan fingerprint density at radius 3 is 2.33 bits per heavy atom. The molecule has 3 N–H and O–H groups in total. The predicted molar refractivity (Wildman–Crippen MR) is 75.1 cm³/mol. The second-order valence-corrected chi connectivity index (χ2v) is 4.74. The minimum absolute atomic E-state index is 0.0878. The molecule has 1 rings (SSSR count). The number of halogens is 3. The van der Waals surface area contributed by atoms with Gasteiger partial charge in [-0.1, -0.05) is 12.1 Å². The molecule has 0 unspecified atom stereocenters. The van der Waals surface area contributed by atoms with E-state index >= 15 is 0 Å². The zero-order chi connectivity index (χ0) is 15.9. The van der Waals surface area contributed by atoms with Crippen molar-refractivity contribution in [1.82, 2.24) is 4.90 Å². The SMILES string of the molecule is COCCN(CCC(=N)N)Cc1ccc(C(F)(F)F)cc1. The van der Waals surface area contributed by atoms with Crippen molar-refractivity contribution in [1.29, 1.82) is 5.41 Å². The van der Waals surface area contributed by atoms with Gasteiger partial charge in [0.05, 0.1) is 18.0 Å². The van der Waals surface area contributed by atoms with Gasteiger partial charge in [0.15, 0.2) is 0 Å². The fraction of sp³-hybridized carbons (Fsp3) is 0.500. The van der Waals surface area contributed by atoms with E-state index in [4.69, 9.17) is 15.9 Å². The molecule has 0 aliphatic heterocycles. The van der Waals surface area contributed by atoms with E-state index < -0.39 is 11.7 Å². The molecule has 21 heavy (non-hydrogen) atoms. The molecule has 0 amide bonds. The highest BCUT2D eigenvalue weighted by molar-refractivity contribution is 5.76. The van der Waals surface area contributed by atoms with Gasteiger partial charge in [-0.25, -0.2) is 0 Å². The van der Waals surface area contributed by atoms with Crippen molar-refractivity contribution in [2.24, 2.45) is 5.73 Å². The predicted octanol–water partition coefficient (Wildman–Crippen LogP) is 2.48. The Labute approximate surface area is 122 Å². The molecule has 118 valence electrons. The molecule has 0 aliphatic rings. The summed E-state index contributed by atoms with van der Waals surface area (Å²) < 4.78 is 42.5. The first-order valence-electron chi connectivity index (χ1n) is 6.53. The van der Waals surface area contributed by atoms with Crippen LogP contribution in [0.2, 0.25) is 0 Å². The molecule has 0 spiro atoms. The summed E-state index contributed by atoms with van der Waals surface area (Å²) in [5.74, 6) is 0.0878. The summed E-state index contributed by atoms with van der Waals surface area (Å²) in [4.78, 5) is 1.99. The molecule has 0 bridgehead atoms. The van der Waals surface area contributed by atoms with E-state index in [1.54, 1.807) is 7.11 Å². The topological polar surface area (TPSA) is 62.3 Å². The molecule has 0 saturated carbocycles. The van der Waals surface area contributed by atoms with Crippen LogP contribution in [-0.2, 0) is 17.5 Å². The zero-order valence-corrected chi connectivity index (χ0v) is 11.9. The molecular formula is C14H20F3N3O. The van der Waals surface area contributed by atoms with Crippen molar-refractivity contribution >= 4 is 5.84 Å². The summed E-state index contributed by atoms with van der Waals surface area (Å²) >= 11 is 0. The Kier molecular flexibility index (Phi) is 6.64. The van der Waals surface area contributed by atoms with Crippen molar-refractivity contribution < 1.29 is 17.9 Å². The fourth-order valence-electron chi connectivity index (χ4n) is 1.83. The molecule has 1 aromatic rings.